The van der Waals surface area contributed by atoms with E-state index in [1.807, 2.05) is 13.8 Å². The summed E-state index contributed by atoms with van der Waals surface area (Å²) in [5, 5.41) is 12.3. The SMILES string of the molecule is CCNC(=NCCc1csc(C)n1)NCCNC(=O)Cc1ccc(F)cc1.I. The lowest BCUT2D eigenvalue weighted by Crippen LogP contribution is -2.41. The van der Waals surface area contributed by atoms with Gasteiger partial charge in [0, 0.05) is 38.0 Å². The van der Waals surface area contributed by atoms with Crippen LogP contribution in [0, 0.1) is 12.7 Å². The van der Waals surface area contributed by atoms with E-state index in [-0.39, 0.29) is 42.1 Å². The van der Waals surface area contributed by atoms with Gasteiger partial charge in [0.15, 0.2) is 5.96 Å². The lowest BCUT2D eigenvalue weighted by molar-refractivity contribution is -0.120. The van der Waals surface area contributed by atoms with Gasteiger partial charge in [-0.2, -0.15) is 0 Å². The molecule has 6 nitrogen and oxygen atoms in total. The molecule has 0 bridgehead atoms. The number of aryl methyl sites for hydroxylation is 1. The number of carbonyl (C=O) groups is 1. The molecule has 0 saturated heterocycles. The molecule has 0 radical (unpaired) electrons. The molecule has 0 saturated carbocycles. The number of aromatic nitrogens is 1. The van der Waals surface area contributed by atoms with Crippen molar-refractivity contribution in [1.82, 2.24) is 20.9 Å². The summed E-state index contributed by atoms with van der Waals surface area (Å²) in [6.07, 6.45) is 1.04. The number of thiazole rings is 1. The number of carbonyl (C=O) groups excluding carboxylic acids is 1. The predicted molar refractivity (Wildman–Crippen MR) is 123 cm³/mol. The Hall–Kier alpha value is -1.75. The van der Waals surface area contributed by atoms with E-state index < -0.39 is 0 Å². The second-order valence-electron chi connectivity index (χ2n) is 5.95. The van der Waals surface area contributed by atoms with Gasteiger partial charge in [0.2, 0.25) is 5.91 Å². The average Bonchev–Trinajstić information content (AvgIpc) is 3.06. The van der Waals surface area contributed by atoms with Crippen molar-refractivity contribution in [3.63, 3.8) is 0 Å². The van der Waals surface area contributed by atoms with E-state index in [0.717, 1.165) is 35.2 Å². The highest BCUT2D eigenvalue weighted by atomic mass is 127. The van der Waals surface area contributed by atoms with Gasteiger partial charge in [-0.05, 0) is 31.5 Å². The number of benzene rings is 1. The van der Waals surface area contributed by atoms with Gasteiger partial charge >= 0.3 is 0 Å². The van der Waals surface area contributed by atoms with Gasteiger partial charge in [-0.1, -0.05) is 12.1 Å². The van der Waals surface area contributed by atoms with E-state index >= 15 is 0 Å². The Balaban J connectivity index is 0.00000392. The number of hydrogen-bond donors (Lipinski definition) is 3. The first-order valence-corrected chi connectivity index (χ1v) is 9.89. The summed E-state index contributed by atoms with van der Waals surface area (Å²) in [4.78, 5) is 20.9. The van der Waals surface area contributed by atoms with Crippen LogP contribution in [0.1, 0.15) is 23.2 Å². The predicted octanol–water partition coefficient (Wildman–Crippen LogP) is 2.67. The quantitative estimate of drug-likeness (QED) is 0.206. The normalized spacial score (nSPS) is 10.9. The monoisotopic (exact) mass is 519 g/mol. The van der Waals surface area contributed by atoms with Crippen LogP contribution < -0.4 is 16.0 Å². The molecule has 0 aliphatic rings. The van der Waals surface area contributed by atoms with E-state index in [1.165, 1.54) is 12.1 Å². The molecular formula is C19H27FIN5OS. The summed E-state index contributed by atoms with van der Waals surface area (Å²) in [5.41, 5.74) is 1.85. The molecule has 3 N–H and O–H groups in total. The van der Waals surface area contributed by atoms with E-state index in [9.17, 15) is 9.18 Å². The largest absolute Gasteiger partial charge is 0.357 e. The molecule has 0 unspecified atom stereocenters. The summed E-state index contributed by atoms with van der Waals surface area (Å²) >= 11 is 1.64. The zero-order valence-electron chi connectivity index (χ0n) is 16.1. The molecule has 0 spiro atoms. The van der Waals surface area contributed by atoms with Crippen LogP contribution in [0.4, 0.5) is 4.39 Å². The highest BCUT2D eigenvalue weighted by Gasteiger charge is 2.04. The fourth-order valence-corrected chi connectivity index (χ4v) is 3.03. The van der Waals surface area contributed by atoms with E-state index in [2.05, 4.69) is 31.3 Å². The number of nitrogens with zero attached hydrogens (tertiary/aromatic N) is 2. The fraction of sp³-hybridized carbons (Fsp3) is 0.421. The van der Waals surface area contributed by atoms with Crippen LogP contribution in [-0.4, -0.2) is 43.0 Å². The molecule has 0 atom stereocenters. The van der Waals surface area contributed by atoms with Crippen LogP contribution in [0.25, 0.3) is 0 Å². The lowest BCUT2D eigenvalue weighted by Gasteiger charge is -2.12. The number of guanidine groups is 1. The molecule has 154 valence electrons. The highest BCUT2D eigenvalue weighted by molar-refractivity contribution is 14.0. The molecule has 1 heterocycles. The molecule has 9 heteroatoms. The van der Waals surface area contributed by atoms with Crippen molar-refractivity contribution in [2.24, 2.45) is 4.99 Å². The summed E-state index contributed by atoms with van der Waals surface area (Å²) in [6.45, 7) is 6.46. The Morgan fingerprint density at radius 2 is 1.89 bits per heavy atom. The maximum absolute atomic E-state index is 12.9. The molecule has 1 amide bonds. The van der Waals surface area contributed by atoms with E-state index in [1.54, 1.807) is 23.5 Å². The van der Waals surface area contributed by atoms with Crippen LogP contribution in [0.3, 0.4) is 0 Å². The minimum absolute atomic E-state index is 0. The Morgan fingerprint density at radius 3 is 2.54 bits per heavy atom. The summed E-state index contributed by atoms with van der Waals surface area (Å²) in [5.74, 6) is 0.324. The van der Waals surface area contributed by atoms with Crippen LogP contribution in [0.15, 0.2) is 34.6 Å². The van der Waals surface area contributed by atoms with Crippen molar-refractivity contribution in [2.75, 3.05) is 26.2 Å². The van der Waals surface area contributed by atoms with Crippen molar-refractivity contribution in [3.8, 4) is 0 Å². The van der Waals surface area contributed by atoms with Gasteiger partial charge in [-0.25, -0.2) is 9.37 Å². The number of hydrogen-bond acceptors (Lipinski definition) is 4. The molecule has 0 aliphatic heterocycles. The van der Waals surface area contributed by atoms with Crippen molar-refractivity contribution in [2.45, 2.75) is 26.7 Å². The molecule has 1 aromatic heterocycles. The standard InChI is InChI=1S/C19H26FN5OS.HI/c1-3-21-19(23-9-8-17-13-27-14(2)25-17)24-11-10-22-18(26)12-15-4-6-16(20)7-5-15;/h4-7,13H,3,8-12H2,1-2H3,(H,22,26)(H2,21,23,24);1H. The smallest absolute Gasteiger partial charge is 0.224 e. The van der Waals surface area contributed by atoms with Crippen LogP contribution in [-0.2, 0) is 17.6 Å². The number of nitrogens with one attached hydrogen (secondary N) is 3. The maximum Gasteiger partial charge on any atom is 0.224 e. The number of amides is 1. The minimum atomic E-state index is -0.302. The van der Waals surface area contributed by atoms with Gasteiger partial charge in [0.05, 0.1) is 17.1 Å². The van der Waals surface area contributed by atoms with Gasteiger partial charge in [-0.3, -0.25) is 9.79 Å². The zero-order chi connectivity index (χ0) is 19.5. The van der Waals surface area contributed by atoms with Crippen LogP contribution in [0.5, 0.6) is 0 Å². The second-order valence-corrected chi connectivity index (χ2v) is 7.01. The molecule has 2 aromatic rings. The Labute approximate surface area is 186 Å². The van der Waals surface area contributed by atoms with Crippen molar-refractivity contribution in [3.05, 3.63) is 51.7 Å². The summed E-state index contributed by atoms with van der Waals surface area (Å²) in [7, 11) is 0. The summed E-state index contributed by atoms with van der Waals surface area (Å²) in [6, 6.07) is 5.95. The van der Waals surface area contributed by atoms with Crippen molar-refractivity contribution >= 4 is 47.2 Å². The molecular weight excluding hydrogens is 492 g/mol. The van der Waals surface area contributed by atoms with Gasteiger partial charge in [0.25, 0.3) is 0 Å². The van der Waals surface area contributed by atoms with Gasteiger partial charge < -0.3 is 16.0 Å². The zero-order valence-corrected chi connectivity index (χ0v) is 19.3. The maximum atomic E-state index is 12.9. The Bertz CT molecular complexity index is 751. The fourth-order valence-electron chi connectivity index (χ4n) is 2.38. The van der Waals surface area contributed by atoms with Gasteiger partial charge in [0.1, 0.15) is 5.82 Å². The third kappa shape index (κ3) is 9.45. The third-order valence-electron chi connectivity index (χ3n) is 3.67. The number of rotatable bonds is 9. The molecule has 2 rings (SSSR count). The topological polar surface area (TPSA) is 78.4 Å². The van der Waals surface area contributed by atoms with Crippen molar-refractivity contribution < 1.29 is 9.18 Å². The lowest BCUT2D eigenvalue weighted by atomic mass is 10.1. The number of aliphatic imine (C=N–C) groups is 1. The van der Waals surface area contributed by atoms with Crippen molar-refractivity contribution in [1.29, 1.82) is 0 Å². The first-order valence-electron chi connectivity index (χ1n) is 9.01. The molecule has 1 aromatic carbocycles. The second kappa shape index (κ2) is 13.4. The van der Waals surface area contributed by atoms with Gasteiger partial charge in [-0.15, -0.1) is 35.3 Å². The first-order chi connectivity index (χ1) is 13.1. The van der Waals surface area contributed by atoms with Crippen LogP contribution >= 0.6 is 35.3 Å². The average molecular weight is 519 g/mol. The van der Waals surface area contributed by atoms with E-state index in [0.29, 0.717) is 19.6 Å². The first kappa shape index (κ1) is 24.3. The van der Waals surface area contributed by atoms with E-state index in [4.69, 9.17) is 0 Å². The Kier molecular flexibility index (Phi) is 11.7. The molecule has 0 fully saturated rings. The molecule has 0 aliphatic carbocycles. The van der Waals surface area contributed by atoms with Crippen LogP contribution in [0.2, 0.25) is 0 Å². The highest BCUT2D eigenvalue weighted by Crippen LogP contribution is 2.08. The third-order valence-corrected chi connectivity index (χ3v) is 4.49. The number of halogens is 2. The molecule has 28 heavy (non-hydrogen) atoms. The summed E-state index contributed by atoms with van der Waals surface area (Å²) < 4.78 is 12.9. The Morgan fingerprint density at radius 1 is 1.18 bits per heavy atom. The minimum Gasteiger partial charge on any atom is -0.357 e.